The lowest BCUT2D eigenvalue weighted by atomic mass is 10.1. The van der Waals surface area contributed by atoms with Crippen LogP contribution in [-0.2, 0) is 0 Å². The maximum absolute atomic E-state index is 5.73. The standard InChI is InChI=1S/C10H14N2/c1-2-8-3-5-9(6-4-8)10(12)7-11/h2-6,10H,1,7,11-12H2/t10-/m1/s1. The molecule has 0 unspecified atom stereocenters. The van der Waals surface area contributed by atoms with E-state index in [9.17, 15) is 0 Å². The van der Waals surface area contributed by atoms with E-state index < -0.39 is 0 Å². The van der Waals surface area contributed by atoms with Crippen molar-refractivity contribution in [1.29, 1.82) is 0 Å². The molecule has 1 aromatic rings. The van der Waals surface area contributed by atoms with Gasteiger partial charge in [0.25, 0.3) is 0 Å². The lowest BCUT2D eigenvalue weighted by molar-refractivity contribution is 0.737. The van der Waals surface area contributed by atoms with Gasteiger partial charge in [0.2, 0.25) is 0 Å². The van der Waals surface area contributed by atoms with Crippen LogP contribution in [0.2, 0.25) is 0 Å². The van der Waals surface area contributed by atoms with Gasteiger partial charge in [0.1, 0.15) is 0 Å². The molecule has 0 bridgehead atoms. The highest BCUT2D eigenvalue weighted by atomic mass is 14.7. The van der Waals surface area contributed by atoms with Gasteiger partial charge in [-0.3, -0.25) is 0 Å². The zero-order valence-corrected chi connectivity index (χ0v) is 7.03. The molecule has 0 aliphatic carbocycles. The molecule has 0 fully saturated rings. The predicted octanol–water partition coefficient (Wildman–Crippen LogP) is 1.29. The number of hydrogen-bond acceptors (Lipinski definition) is 2. The molecule has 4 N–H and O–H groups in total. The minimum absolute atomic E-state index is 0.0520. The maximum Gasteiger partial charge on any atom is 0.0419 e. The Morgan fingerprint density at radius 1 is 1.33 bits per heavy atom. The van der Waals surface area contributed by atoms with Crippen LogP contribution in [0.15, 0.2) is 30.8 Å². The molecule has 0 aliphatic heterocycles. The van der Waals surface area contributed by atoms with Crippen molar-refractivity contribution in [3.8, 4) is 0 Å². The Morgan fingerprint density at radius 2 is 1.92 bits per heavy atom. The smallest absolute Gasteiger partial charge is 0.0419 e. The van der Waals surface area contributed by atoms with Crippen LogP contribution in [0.4, 0.5) is 0 Å². The van der Waals surface area contributed by atoms with E-state index in [4.69, 9.17) is 11.5 Å². The van der Waals surface area contributed by atoms with Crippen molar-refractivity contribution in [3.63, 3.8) is 0 Å². The predicted molar refractivity (Wildman–Crippen MR) is 52.5 cm³/mol. The average Bonchev–Trinajstić information content (AvgIpc) is 2.17. The van der Waals surface area contributed by atoms with Gasteiger partial charge in [-0.25, -0.2) is 0 Å². The summed E-state index contributed by atoms with van der Waals surface area (Å²) in [4.78, 5) is 0. The lowest BCUT2D eigenvalue weighted by Crippen LogP contribution is -2.20. The van der Waals surface area contributed by atoms with Gasteiger partial charge in [0.15, 0.2) is 0 Å². The Kier molecular flexibility index (Phi) is 3.02. The van der Waals surface area contributed by atoms with Crippen LogP contribution in [0.3, 0.4) is 0 Å². The van der Waals surface area contributed by atoms with Crippen LogP contribution in [0.5, 0.6) is 0 Å². The van der Waals surface area contributed by atoms with Crippen molar-refractivity contribution >= 4 is 6.08 Å². The van der Waals surface area contributed by atoms with Crippen molar-refractivity contribution in [1.82, 2.24) is 0 Å². The molecule has 1 atom stereocenters. The Hall–Kier alpha value is -1.12. The first kappa shape index (κ1) is 8.97. The van der Waals surface area contributed by atoms with E-state index in [1.54, 1.807) is 6.08 Å². The fourth-order valence-corrected chi connectivity index (χ4v) is 1.02. The molecular weight excluding hydrogens is 148 g/mol. The first-order chi connectivity index (χ1) is 5.77. The second-order valence-electron chi connectivity index (χ2n) is 2.71. The van der Waals surface area contributed by atoms with Gasteiger partial charge in [-0.2, -0.15) is 0 Å². The van der Waals surface area contributed by atoms with Gasteiger partial charge in [0, 0.05) is 12.6 Å². The molecule has 0 saturated carbocycles. The summed E-state index contributed by atoms with van der Waals surface area (Å²) in [5.74, 6) is 0. The summed E-state index contributed by atoms with van der Waals surface area (Å²) in [5.41, 5.74) is 13.3. The number of nitrogens with two attached hydrogens (primary N) is 2. The third-order valence-electron chi connectivity index (χ3n) is 1.85. The molecule has 0 heterocycles. The van der Waals surface area contributed by atoms with Gasteiger partial charge in [-0.15, -0.1) is 0 Å². The molecular formula is C10H14N2. The van der Waals surface area contributed by atoms with Gasteiger partial charge in [0.05, 0.1) is 0 Å². The highest BCUT2D eigenvalue weighted by molar-refractivity contribution is 5.47. The molecule has 2 nitrogen and oxygen atoms in total. The molecule has 12 heavy (non-hydrogen) atoms. The zero-order chi connectivity index (χ0) is 8.97. The molecule has 1 aromatic carbocycles. The molecule has 0 amide bonds. The summed E-state index contributed by atoms with van der Waals surface area (Å²) in [6.45, 7) is 4.15. The van der Waals surface area contributed by atoms with Crippen molar-refractivity contribution in [3.05, 3.63) is 42.0 Å². The third-order valence-corrected chi connectivity index (χ3v) is 1.85. The monoisotopic (exact) mass is 162 g/mol. The molecule has 64 valence electrons. The fourth-order valence-electron chi connectivity index (χ4n) is 1.02. The van der Waals surface area contributed by atoms with Crippen LogP contribution in [0, 0.1) is 0 Å². The third kappa shape index (κ3) is 1.94. The highest BCUT2D eigenvalue weighted by Gasteiger charge is 2.01. The molecule has 0 saturated heterocycles. The molecule has 0 aromatic heterocycles. The number of hydrogen-bond donors (Lipinski definition) is 2. The van der Waals surface area contributed by atoms with Crippen LogP contribution in [0.1, 0.15) is 17.2 Å². The van der Waals surface area contributed by atoms with E-state index in [1.807, 2.05) is 24.3 Å². The van der Waals surface area contributed by atoms with Gasteiger partial charge in [-0.05, 0) is 11.1 Å². The number of benzene rings is 1. The van der Waals surface area contributed by atoms with E-state index in [-0.39, 0.29) is 6.04 Å². The fraction of sp³-hybridized carbons (Fsp3) is 0.200. The van der Waals surface area contributed by atoms with Gasteiger partial charge < -0.3 is 11.5 Å². The Morgan fingerprint density at radius 3 is 2.33 bits per heavy atom. The van der Waals surface area contributed by atoms with E-state index in [0.717, 1.165) is 11.1 Å². The van der Waals surface area contributed by atoms with E-state index in [0.29, 0.717) is 6.54 Å². The molecule has 2 heteroatoms. The normalized spacial score (nSPS) is 12.5. The second-order valence-corrected chi connectivity index (χ2v) is 2.71. The van der Waals surface area contributed by atoms with Gasteiger partial charge in [-0.1, -0.05) is 36.9 Å². The SMILES string of the molecule is C=Cc1ccc([C@H](N)CN)cc1. The summed E-state index contributed by atoms with van der Waals surface area (Å²) >= 11 is 0. The van der Waals surface area contributed by atoms with Crippen molar-refractivity contribution < 1.29 is 0 Å². The van der Waals surface area contributed by atoms with Crippen LogP contribution in [-0.4, -0.2) is 6.54 Å². The summed E-state index contributed by atoms with van der Waals surface area (Å²) in [5, 5.41) is 0. The minimum atomic E-state index is -0.0520. The number of rotatable bonds is 3. The summed E-state index contributed by atoms with van der Waals surface area (Å²) in [7, 11) is 0. The maximum atomic E-state index is 5.73. The first-order valence-corrected chi connectivity index (χ1v) is 3.96. The Bertz CT molecular complexity index is 251. The molecule has 0 radical (unpaired) electrons. The average molecular weight is 162 g/mol. The van der Waals surface area contributed by atoms with E-state index >= 15 is 0 Å². The zero-order valence-electron chi connectivity index (χ0n) is 7.03. The molecule has 0 aliphatic rings. The van der Waals surface area contributed by atoms with Crippen molar-refractivity contribution in [2.24, 2.45) is 11.5 Å². The summed E-state index contributed by atoms with van der Waals surface area (Å²) in [6, 6.07) is 7.88. The van der Waals surface area contributed by atoms with Crippen molar-refractivity contribution in [2.45, 2.75) is 6.04 Å². The van der Waals surface area contributed by atoms with E-state index in [1.165, 1.54) is 0 Å². The summed E-state index contributed by atoms with van der Waals surface area (Å²) < 4.78 is 0. The lowest BCUT2D eigenvalue weighted by Gasteiger charge is -2.08. The second kappa shape index (κ2) is 4.04. The molecule has 0 spiro atoms. The largest absolute Gasteiger partial charge is 0.329 e. The topological polar surface area (TPSA) is 52.0 Å². The minimum Gasteiger partial charge on any atom is -0.329 e. The molecule has 1 rings (SSSR count). The van der Waals surface area contributed by atoms with Crippen LogP contribution in [0.25, 0.3) is 6.08 Å². The Labute approximate surface area is 72.9 Å². The quantitative estimate of drug-likeness (QED) is 0.703. The summed E-state index contributed by atoms with van der Waals surface area (Å²) in [6.07, 6.45) is 1.80. The highest BCUT2D eigenvalue weighted by Crippen LogP contribution is 2.10. The van der Waals surface area contributed by atoms with Crippen LogP contribution < -0.4 is 11.5 Å². The van der Waals surface area contributed by atoms with E-state index in [2.05, 4.69) is 6.58 Å². The Balaban J connectivity index is 2.84. The van der Waals surface area contributed by atoms with Crippen molar-refractivity contribution in [2.75, 3.05) is 6.54 Å². The van der Waals surface area contributed by atoms with Gasteiger partial charge >= 0.3 is 0 Å². The van der Waals surface area contributed by atoms with Crippen LogP contribution >= 0.6 is 0 Å². The first-order valence-electron chi connectivity index (χ1n) is 3.96.